The van der Waals surface area contributed by atoms with E-state index in [1.807, 2.05) is 24.0 Å². The number of nitrogens with zero attached hydrogens (tertiary/aromatic N) is 2. The minimum atomic E-state index is 0.561. The van der Waals surface area contributed by atoms with Gasteiger partial charge in [0, 0.05) is 56.1 Å². The molecule has 4 nitrogen and oxygen atoms in total. The Balaban J connectivity index is 2.02. The van der Waals surface area contributed by atoms with E-state index in [0.717, 1.165) is 32.1 Å². The van der Waals surface area contributed by atoms with Crippen molar-refractivity contribution in [3.05, 3.63) is 23.9 Å². The number of anilines is 1. The highest BCUT2D eigenvalue weighted by molar-refractivity contribution is 7.99. The Labute approximate surface area is 119 Å². The lowest BCUT2D eigenvalue weighted by molar-refractivity contribution is 0.199. The van der Waals surface area contributed by atoms with E-state index in [0.29, 0.717) is 6.04 Å². The van der Waals surface area contributed by atoms with Gasteiger partial charge in [0.1, 0.15) is 5.82 Å². The van der Waals surface area contributed by atoms with Crippen LogP contribution in [0.4, 0.5) is 5.82 Å². The average molecular weight is 281 g/mol. The van der Waals surface area contributed by atoms with Crippen LogP contribution in [-0.4, -0.2) is 49.3 Å². The monoisotopic (exact) mass is 281 g/mol. The van der Waals surface area contributed by atoms with E-state index in [1.165, 1.54) is 17.1 Å². The van der Waals surface area contributed by atoms with Crippen LogP contribution < -0.4 is 10.2 Å². The van der Waals surface area contributed by atoms with Gasteiger partial charge in [0.15, 0.2) is 0 Å². The summed E-state index contributed by atoms with van der Waals surface area (Å²) in [7, 11) is 1.73. The predicted octanol–water partition coefficient (Wildman–Crippen LogP) is 1.76. The van der Waals surface area contributed by atoms with Crippen molar-refractivity contribution in [3.63, 3.8) is 0 Å². The Morgan fingerprint density at radius 1 is 1.58 bits per heavy atom. The van der Waals surface area contributed by atoms with E-state index in [-0.39, 0.29) is 0 Å². The number of rotatable bonds is 6. The molecule has 1 aromatic heterocycles. The lowest BCUT2D eigenvalue weighted by atomic mass is 10.2. The highest BCUT2D eigenvalue weighted by Crippen LogP contribution is 2.24. The second-order valence-electron chi connectivity index (χ2n) is 4.77. The van der Waals surface area contributed by atoms with E-state index in [2.05, 4.69) is 28.2 Å². The van der Waals surface area contributed by atoms with Gasteiger partial charge in [-0.15, -0.1) is 0 Å². The smallest absolute Gasteiger partial charge is 0.133 e. The fraction of sp³-hybridized carbons (Fsp3) is 0.643. The number of methoxy groups -OCH3 is 1. The minimum Gasteiger partial charge on any atom is -0.383 e. The molecule has 0 aliphatic carbocycles. The third-order valence-electron chi connectivity index (χ3n) is 3.31. The van der Waals surface area contributed by atoms with E-state index in [9.17, 15) is 0 Å². The zero-order chi connectivity index (χ0) is 13.5. The highest BCUT2D eigenvalue weighted by Gasteiger charge is 2.21. The molecule has 0 bridgehead atoms. The zero-order valence-electron chi connectivity index (χ0n) is 11.8. The summed E-state index contributed by atoms with van der Waals surface area (Å²) < 4.78 is 5.05. The molecule has 2 rings (SSSR count). The van der Waals surface area contributed by atoms with Crippen molar-refractivity contribution < 1.29 is 4.74 Å². The maximum Gasteiger partial charge on any atom is 0.133 e. The van der Waals surface area contributed by atoms with Gasteiger partial charge in [0.25, 0.3) is 0 Å². The quantitative estimate of drug-likeness (QED) is 0.804. The van der Waals surface area contributed by atoms with Crippen molar-refractivity contribution in [1.29, 1.82) is 0 Å². The molecule has 1 N–H and O–H groups in total. The SMILES string of the molecule is COCCNCc1cccnc1N1CCSCC1C. The van der Waals surface area contributed by atoms with Crippen LogP contribution in [0.15, 0.2) is 18.3 Å². The number of thioether (sulfide) groups is 1. The van der Waals surface area contributed by atoms with Crippen LogP contribution >= 0.6 is 11.8 Å². The van der Waals surface area contributed by atoms with Crippen molar-refractivity contribution in [2.75, 3.05) is 43.2 Å². The second-order valence-corrected chi connectivity index (χ2v) is 5.92. The number of aromatic nitrogens is 1. The molecular formula is C14H23N3OS. The molecule has 1 aliphatic rings. The summed E-state index contributed by atoms with van der Waals surface area (Å²) in [6.07, 6.45) is 1.89. The summed E-state index contributed by atoms with van der Waals surface area (Å²) in [5.74, 6) is 3.52. The second kappa shape index (κ2) is 7.72. The van der Waals surface area contributed by atoms with E-state index >= 15 is 0 Å². The van der Waals surface area contributed by atoms with Crippen LogP contribution in [0.5, 0.6) is 0 Å². The van der Waals surface area contributed by atoms with Crippen LogP contribution in [0, 0.1) is 0 Å². The molecule has 0 spiro atoms. The molecule has 1 atom stereocenters. The Kier molecular flexibility index (Phi) is 5.94. The minimum absolute atomic E-state index is 0.561. The fourth-order valence-electron chi connectivity index (χ4n) is 2.27. The molecule has 0 radical (unpaired) electrons. The molecule has 19 heavy (non-hydrogen) atoms. The van der Waals surface area contributed by atoms with E-state index in [1.54, 1.807) is 7.11 Å². The fourth-order valence-corrected chi connectivity index (χ4v) is 3.28. The molecule has 106 valence electrons. The molecule has 0 aromatic carbocycles. The van der Waals surface area contributed by atoms with Gasteiger partial charge in [-0.05, 0) is 13.0 Å². The van der Waals surface area contributed by atoms with E-state index < -0.39 is 0 Å². The number of nitrogens with one attached hydrogen (secondary N) is 1. The van der Waals surface area contributed by atoms with Crippen LogP contribution in [0.25, 0.3) is 0 Å². The molecule has 0 amide bonds. The third-order valence-corrected chi connectivity index (χ3v) is 4.49. The number of hydrogen-bond donors (Lipinski definition) is 1. The molecule has 0 saturated carbocycles. The lowest BCUT2D eigenvalue weighted by Gasteiger charge is -2.35. The van der Waals surface area contributed by atoms with Crippen LogP contribution in [0.1, 0.15) is 12.5 Å². The lowest BCUT2D eigenvalue weighted by Crippen LogP contribution is -2.41. The first-order chi connectivity index (χ1) is 9.33. The number of hydrogen-bond acceptors (Lipinski definition) is 5. The maximum atomic E-state index is 5.05. The summed E-state index contributed by atoms with van der Waals surface area (Å²) >= 11 is 2.03. The van der Waals surface area contributed by atoms with Crippen molar-refractivity contribution in [2.45, 2.75) is 19.5 Å². The molecule has 1 unspecified atom stereocenters. The topological polar surface area (TPSA) is 37.4 Å². The molecule has 1 saturated heterocycles. The number of ether oxygens (including phenoxy) is 1. The first-order valence-corrected chi connectivity index (χ1v) is 7.96. The summed E-state index contributed by atoms with van der Waals surface area (Å²) in [5.41, 5.74) is 1.28. The largest absolute Gasteiger partial charge is 0.383 e. The zero-order valence-corrected chi connectivity index (χ0v) is 12.6. The van der Waals surface area contributed by atoms with Gasteiger partial charge in [-0.25, -0.2) is 4.98 Å². The summed E-state index contributed by atoms with van der Waals surface area (Å²) in [6, 6.07) is 4.74. The molecule has 2 heterocycles. The number of pyridine rings is 1. The van der Waals surface area contributed by atoms with Gasteiger partial charge in [-0.1, -0.05) is 6.07 Å². The van der Waals surface area contributed by atoms with Gasteiger partial charge in [0.05, 0.1) is 6.61 Å². The Bertz CT molecular complexity index is 389. The summed E-state index contributed by atoms with van der Waals surface area (Å²) in [4.78, 5) is 7.03. The van der Waals surface area contributed by atoms with Gasteiger partial charge >= 0.3 is 0 Å². The Morgan fingerprint density at radius 3 is 3.26 bits per heavy atom. The van der Waals surface area contributed by atoms with Gasteiger partial charge in [-0.2, -0.15) is 11.8 Å². The average Bonchev–Trinajstić information content (AvgIpc) is 2.45. The molecule has 1 aliphatic heterocycles. The molecule has 5 heteroatoms. The van der Waals surface area contributed by atoms with Crippen molar-refractivity contribution in [2.24, 2.45) is 0 Å². The van der Waals surface area contributed by atoms with Crippen molar-refractivity contribution in [3.8, 4) is 0 Å². The highest BCUT2D eigenvalue weighted by atomic mass is 32.2. The molecule has 1 fully saturated rings. The van der Waals surface area contributed by atoms with Crippen LogP contribution in [0.3, 0.4) is 0 Å². The van der Waals surface area contributed by atoms with Gasteiger partial charge < -0.3 is 15.0 Å². The van der Waals surface area contributed by atoms with Crippen LogP contribution in [-0.2, 0) is 11.3 Å². The van der Waals surface area contributed by atoms with Crippen molar-refractivity contribution in [1.82, 2.24) is 10.3 Å². The van der Waals surface area contributed by atoms with Crippen molar-refractivity contribution >= 4 is 17.6 Å². The maximum absolute atomic E-state index is 5.05. The molecular weight excluding hydrogens is 258 g/mol. The Morgan fingerprint density at radius 2 is 2.47 bits per heavy atom. The first-order valence-electron chi connectivity index (χ1n) is 6.81. The van der Waals surface area contributed by atoms with E-state index in [4.69, 9.17) is 4.74 Å². The normalized spacial score (nSPS) is 19.7. The standard InChI is InChI=1S/C14H23N3OS/c1-12-11-19-9-7-17(12)14-13(4-3-5-16-14)10-15-6-8-18-2/h3-5,12,15H,6-11H2,1-2H3. The van der Waals surface area contributed by atoms with Crippen LogP contribution in [0.2, 0.25) is 0 Å². The predicted molar refractivity (Wildman–Crippen MR) is 82.0 cm³/mol. The van der Waals surface area contributed by atoms with Gasteiger partial charge in [-0.3, -0.25) is 0 Å². The summed E-state index contributed by atoms with van der Waals surface area (Å²) in [5, 5.41) is 3.40. The first kappa shape index (κ1) is 14.6. The molecule has 1 aromatic rings. The third kappa shape index (κ3) is 4.09. The Hall–Kier alpha value is -0.780. The van der Waals surface area contributed by atoms with Gasteiger partial charge in [0.2, 0.25) is 0 Å². The summed E-state index contributed by atoms with van der Waals surface area (Å²) in [6.45, 7) is 5.84.